The van der Waals surface area contributed by atoms with Gasteiger partial charge in [-0.25, -0.2) is 14.4 Å². The van der Waals surface area contributed by atoms with Crippen molar-refractivity contribution in [1.82, 2.24) is 25.1 Å². The minimum Gasteiger partial charge on any atom is -0.497 e. The highest BCUT2D eigenvalue weighted by Gasteiger charge is 2.53. The van der Waals surface area contributed by atoms with Gasteiger partial charge in [-0.15, -0.1) is 0 Å². The molecule has 10 nitrogen and oxygen atoms in total. The zero-order valence-electron chi connectivity index (χ0n) is 23.1. The lowest BCUT2D eigenvalue weighted by Gasteiger charge is -2.57. The number of aliphatic carboxylic acids is 1. The summed E-state index contributed by atoms with van der Waals surface area (Å²) in [5, 5.41) is 16.8. The lowest BCUT2D eigenvalue weighted by Crippen LogP contribution is -2.56. The highest BCUT2D eigenvalue weighted by atomic mass is 19.3. The van der Waals surface area contributed by atoms with Gasteiger partial charge in [0, 0.05) is 47.4 Å². The van der Waals surface area contributed by atoms with Crippen LogP contribution in [0.2, 0.25) is 0 Å². The van der Waals surface area contributed by atoms with Crippen LogP contribution in [0.5, 0.6) is 11.5 Å². The normalized spacial score (nSPS) is 21.0. The number of benzene rings is 2. The molecule has 1 amide bonds. The van der Waals surface area contributed by atoms with E-state index in [1.165, 1.54) is 37.6 Å². The number of carbonyl (C=O) groups is 2. The number of aromatic nitrogens is 4. The summed E-state index contributed by atoms with van der Waals surface area (Å²) in [6, 6.07) is 6.73. The average molecular weight is 596 g/mol. The van der Waals surface area contributed by atoms with Gasteiger partial charge < -0.3 is 19.9 Å². The number of hydrogen-bond acceptors (Lipinski definition) is 7. The monoisotopic (exact) mass is 595 g/mol. The number of halogens is 3. The van der Waals surface area contributed by atoms with E-state index in [1.807, 2.05) is 0 Å². The minimum atomic E-state index is -3.07. The van der Waals surface area contributed by atoms with Gasteiger partial charge in [-0.3, -0.25) is 14.3 Å². The maximum absolute atomic E-state index is 14.0. The van der Waals surface area contributed by atoms with Crippen molar-refractivity contribution >= 4 is 22.8 Å². The lowest BCUT2D eigenvalue weighted by molar-refractivity contribution is -0.142. The molecule has 2 heterocycles. The Morgan fingerprint density at radius 1 is 1.07 bits per heavy atom. The Hall–Kier alpha value is -4.68. The number of nitrogens with zero attached hydrogens (tertiary/aromatic N) is 4. The van der Waals surface area contributed by atoms with Gasteiger partial charge in [-0.05, 0) is 61.3 Å². The van der Waals surface area contributed by atoms with Crippen LogP contribution in [0.3, 0.4) is 0 Å². The Morgan fingerprint density at radius 3 is 2.49 bits per heavy atom. The molecular weight excluding hydrogens is 567 g/mol. The Bertz CT molecular complexity index is 1680. The number of fused-ring (bicyclic) bond motifs is 1. The molecule has 4 aromatic rings. The van der Waals surface area contributed by atoms with Gasteiger partial charge >= 0.3 is 12.6 Å². The number of nitrogens with one attached hydrogen (secondary N) is 1. The molecule has 0 bridgehead atoms. The van der Waals surface area contributed by atoms with Crippen LogP contribution in [0.4, 0.5) is 13.2 Å². The Labute approximate surface area is 243 Å². The van der Waals surface area contributed by atoms with Crippen LogP contribution in [0.25, 0.3) is 22.3 Å². The zero-order chi connectivity index (χ0) is 30.3. The summed E-state index contributed by atoms with van der Waals surface area (Å²) in [6.07, 6.45) is 7.88. The second-order valence-electron chi connectivity index (χ2n) is 11.3. The van der Waals surface area contributed by atoms with E-state index in [4.69, 9.17) is 9.84 Å². The minimum absolute atomic E-state index is 0.0681. The first kappa shape index (κ1) is 28.4. The standard InChI is InChI=1S/C30H28F3N5O5/c1-42-22-4-18(3-20(31)6-22)27-34-12-17(13-35-27)15-38-26-19(14-36-38)5-23(43-29(32)33)7-24(26)28(41)37-21-10-30(11-21)8-16(9-30)2-25(39)40/h3-7,12-14,16,21,29H,2,8-11,15H2,1H3,(H,37,41)(H,39,40). The summed E-state index contributed by atoms with van der Waals surface area (Å²) in [5.74, 6) is -1.10. The topological polar surface area (TPSA) is 128 Å². The van der Waals surface area contributed by atoms with Crippen molar-refractivity contribution in [2.45, 2.75) is 51.3 Å². The van der Waals surface area contributed by atoms with Crippen molar-refractivity contribution in [3.8, 4) is 22.9 Å². The summed E-state index contributed by atoms with van der Waals surface area (Å²) in [7, 11) is 1.43. The number of alkyl halides is 2. The van der Waals surface area contributed by atoms with Gasteiger partial charge in [-0.2, -0.15) is 13.9 Å². The van der Waals surface area contributed by atoms with Crippen molar-refractivity contribution in [3.63, 3.8) is 0 Å². The molecule has 2 aromatic carbocycles. The maximum Gasteiger partial charge on any atom is 0.387 e. The molecule has 224 valence electrons. The predicted octanol–water partition coefficient (Wildman–Crippen LogP) is 5.05. The molecule has 0 saturated heterocycles. The molecule has 0 aliphatic heterocycles. The van der Waals surface area contributed by atoms with E-state index in [-0.39, 0.29) is 41.7 Å². The molecular formula is C30H28F3N5O5. The molecule has 1 spiro atoms. The lowest BCUT2D eigenvalue weighted by atomic mass is 9.49. The molecule has 2 fully saturated rings. The number of carboxylic acids is 1. The molecule has 0 unspecified atom stereocenters. The molecule has 2 aliphatic carbocycles. The zero-order valence-corrected chi connectivity index (χ0v) is 23.1. The summed E-state index contributed by atoms with van der Waals surface area (Å²) < 4.78 is 51.4. The van der Waals surface area contributed by atoms with Crippen molar-refractivity contribution in [2.75, 3.05) is 7.11 Å². The summed E-state index contributed by atoms with van der Waals surface area (Å²) >= 11 is 0. The van der Waals surface area contributed by atoms with Crippen LogP contribution in [0.15, 0.2) is 48.9 Å². The number of carboxylic acid groups (broad SMARTS) is 1. The highest BCUT2D eigenvalue weighted by molar-refractivity contribution is 6.06. The van der Waals surface area contributed by atoms with Crippen LogP contribution in [0.1, 0.15) is 48.0 Å². The van der Waals surface area contributed by atoms with Gasteiger partial charge in [0.25, 0.3) is 5.91 Å². The number of amides is 1. The molecule has 2 aromatic heterocycles. The third-order valence-corrected chi connectivity index (χ3v) is 8.18. The van der Waals surface area contributed by atoms with E-state index < -0.39 is 24.3 Å². The fourth-order valence-electron chi connectivity index (χ4n) is 6.48. The third kappa shape index (κ3) is 5.97. The Kier molecular flexibility index (Phi) is 7.40. The Morgan fingerprint density at radius 2 is 1.81 bits per heavy atom. The third-order valence-electron chi connectivity index (χ3n) is 8.18. The first-order valence-corrected chi connectivity index (χ1v) is 13.7. The van der Waals surface area contributed by atoms with E-state index in [0.29, 0.717) is 33.6 Å². The van der Waals surface area contributed by atoms with Crippen LogP contribution < -0.4 is 14.8 Å². The molecule has 2 N–H and O–H groups in total. The largest absolute Gasteiger partial charge is 0.497 e. The van der Waals surface area contributed by atoms with Crippen LogP contribution in [-0.4, -0.2) is 56.5 Å². The molecule has 43 heavy (non-hydrogen) atoms. The van der Waals surface area contributed by atoms with Crippen LogP contribution in [-0.2, 0) is 11.3 Å². The quantitative estimate of drug-likeness (QED) is 0.261. The fourth-order valence-corrected chi connectivity index (χ4v) is 6.48. The molecule has 0 radical (unpaired) electrons. The Balaban J connectivity index is 1.21. The van der Waals surface area contributed by atoms with Crippen molar-refractivity contribution in [1.29, 1.82) is 0 Å². The molecule has 6 rings (SSSR count). The summed E-state index contributed by atoms with van der Waals surface area (Å²) in [4.78, 5) is 33.1. The van der Waals surface area contributed by atoms with Gasteiger partial charge in [-0.1, -0.05) is 0 Å². The van der Waals surface area contributed by atoms with Crippen LogP contribution >= 0.6 is 0 Å². The molecule has 2 aliphatic rings. The first-order chi connectivity index (χ1) is 20.6. The number of methoxy groups -OCH3 is 1. The van der Waals surface area contributed by atoms with E-state index in [9.17, 15) is 22.8 Å². The second kappa shape index (κ2) is 11.2. The SMILES string of the molecule is COc1cc(F)cc(-c2ncc(Cn3ncc4cc(OC(F)F)cc(C(=O)NC5CC6(CC(CC(=O)O)C6)C5)c43)cn2)c1. The van der Waals surface area contributed by atoms with Crippen molar-refractivity contribution in [2.24, 2.45) is 11.3 Å². The summed E-state index contributed by atoms with van der Waals surface area (Å²) in [5.41, 5.74) is 1.71. The molecule has 2 saturated carbocycles. The van der Waals surface area contributed by atoms with Gasteiger partial charge in [0.15, 0.2) is 5.82 Å². The van der Waals surface area contributed by atoms with Gasteiger partial charge in [0.05, 0.1) is 30.9 Å². The van der Waals surface area contributed by atoms with Crippen LogP contribution in [0, 0.1) is 17.2 Å². The van der Waals surface area contributed by atoms with E-state index in [2.05, 4.69) is 25.1 Å². The number of rotatable bonds is 10. The van der Waals surface area contributed by atoms with Crippen molar-refractivity contribution < 1.29 is 37.3 Å². The number of carbonyl (C=O) groups excluding carboxylic acids is 1. The van der Waals surface area contributed by atoms with E-state index >= 15 is 0 Å². The molecule has 0 atom stereocenters. The fraction of sp³-hybridized carbons (Fsp3) is 0.367. The number of ether oxygens (including phenoxy) is 2. The number of hydrogen-bond donors (Lipinski definition) is 2. The average Bonchev–Trinajstić information content (AvgIpc) is 3.31. The van der Waals surface area contributed by atoms with E-state index in [0.717, 1.165) is 25.7 Å². The predicted molar refractivity (Wildman–Crippen MR) is 147 cm³/mol. The maximum atomic E-state index is 14.0. The first-order valence-electron chi connectivity index (χ1n) is 13.7. The van der Waals surface area contributed by atoms with Gasteiger partial charge in [0.2, 0.25) is 0 Å². The highest BCUT2D eigenvalue weighted by Crippen LogP contribution is 2.59. The van der Waals surface area contributed by atoms with E-state index in [1.54, 1.807) is 23.1 Å². The molecule has 13 heteroatoms. The smallest absolute Gasteiger partial charge is 0.387 e. The van der Waals surface area contributed by atoms with Gasteiger partial charge in [0.1, 0.15) is 17.3 Å². The second-order valence-corrected chi connectivity index (χ2v) is 11.3. The summed E-state index contributed by atoms with van der Waals surface area (Å²) in [6.45, 7) is -2.90. The van der Waals surface area contributed by atoms with Crippen molar-refractivity contribution in [3.05, 3.63) is 65.9 Å².